The second-order valence-electron chi connectivity index (χ2n) is 7.07. The molecule has 2 heterocycles. The molecule has 0 aliphatic rings. The summed E-state index contributed by atoms with van der Waals surface area (Å²) in [6.45, 7) is 7.48. The van der Waals surface area contributed by atoms with E-state index in [1.54, 1.807) is 6.92 Å². The molecule has 0 bridgehead atoms. The lowest BCUT2D eigenvalue weighted by atomic mass is 10.1. The normalized spacial score (nSPS) is 12.4. The van der Waals surface area contributed by atoms with Crippen molar-refractivity contribution >= 4 is 46.3 Å². The number of aromatic nitrogens is 1. The number of rotatable bonds is 6. The zero-order valence-corrected chi connectivity index (χ0v) is 17.2. The SMILES string of the molecule is C[C@H](C(=O)NC(C)(C)C)N(Cc1cccs1)C(=O)c1snc(C(N)=O)c1N. The molecule has 3 amide bonds. The van der Waals surface area contributed by atoms with Crippen LogP contribution < -0.4 is 16.8 Å². The molecule has 10 heteroatoms. The molecular formula is C17H23N5O3S2. The van der Waals surface area contributed by atoms with Crippen molar-refractivity contribution in [3.63, 3.8) is 0 Å². The highest BCUT2D eigenvalue weighted by molar-refractivity contribution is 7.10. The number of hydrogen-bond acceptors (Lipinski definition) is 7. The number of nitrogens with two attached hydrogens (primary N) is 2. The van der Waals surface area contributed by atoms with Crippen LogP contribution in [-0.2, 0) is 11.3 Å². The molecule has 2 aromatic heterocycles. The number of thiophene rings is 1. The van der Waals surface area contributed by atoms with Crippen molar-refractivity contribution in [1.29, 1.82) is 0 Å². The molecule has 0 aliphatic heterocycles. The standard InChI is InChI=1S/C17H23N5O3S2/c1-9(15(24)20-17(2,3)4)22(8-10-6-5-7-26-10)16(25)13-11(18)12(14(19)23)21-27-13/h5-7,9H,8,18H2,1-4H3,(H2,19,23)(H,20,24)/t9-/m1/s1. The van der Waals surface area contributed by atoms with Gasteiger partial charge in [0.25, 0.3) is 11.8 Å². The smallest absolute Gasteiger partial charge is 0.270 e. The van der Waals surface area contributed by atoms with Gasteiger partial charge < -0.3 is 21.7 Å². The number of amides is 3. The molecular weight excluding hydrogens is 386 g/mol. The third kappa shape index (κ3) is 5.04. The molecule has 0 aromatic carbocycles. The average Bonchev–Trinajstić information content (AvgIpc) is 3.19. The van der Waals surface area contributed by atoms with Crippen molar-refractivity contribution < 1.29 is 14.4 Å². The van der Waals surface area contributed by atoms with E-state index >= 15 is 0 Å². The monoisotopic (exact) mass is 409 g/mol. The summed E-state index contributed by atoms with van der Waals surface area (Å²) in [4.78, 5) is 39.6. The van der Waals surface area contributed by atoms with Crippen molar-refractivity contribution in [3.8, 4) is 0 Å². The van der Waals surface area contributed by atoms with Crippen LogP contribution in [0.3, 0.4) is 0 Å². The first-order valence-electron chi connectivity index (χ1n) is 8.21. The predicted molar refractivity (Wildman–Crippen MR) is 107 cm³/mol. The van der Waals surface area contributed by atoms with Crippen LogP contribution in [0.4, 0.5) is 5.69 Å². The van der Waals surface area contributed by atoms with E-state index in [0.29, 0.717) is 0 Å². The number of carbonyl (C=O) groups excluding carboxylic acids is 3. The second-order valence-corrected chi connectivity index (χ2v) is 8.87. The topological polar surface area (TPSA) is 131 Å². The number of carbonyl (C=O) groups is 3. The molecule has 0 aliphatic carbocycles. The number of primary amides is 1. The molecule has 5 N–H and O–H groups in total. The first-order chi connectivity index (χ1) is 12.5. The lowest BCUT2D eigenvalue weighted by Crippen LogP contribution is -2.52. The Bertz CT molecular complexity index is 839. The Kier molecular flexibility index (Phi) is 6.22. The lowest BCUT2D eigenvalue weighted by Gasteiger charge is -2.30. The van der Waals surface area contributed by atoms with Gasteiger partial charge in [-0.1, -0.05) is 6.07 Å². The minimum Gasteiger partial charge on any atom is -0.395 e. The summed E-state index contributed by atoms with van der Waals surface area (Å²) < 4.78 is 3.88. The quantitative estimate of drug-likeness (QED) is 0.670. The maximum atomic E-state index is 13.1. The number of nitrogen functional groups attached to an aromatic ring is 1. The lowest BCUT2D eigenvalue weighted by molar-refractivity contribution is -0.126. The molecule has 8 nitrogen and oxygen atoms in total. The maximum absolute atomic E-state index is 13.1. The molecule has 146 valence electrons. The summed E-state index contributed by atoms with van der Waals surface area (Å²) in [5.74, 6) is -1.56. The summed E-state index contributed by atoms with van der Waals surface area (Å²) in [5, 5.41) is 4.77. The van der Waals surface area contributed by atoms with Crippen LogP contribution in [0.2, 0.25) is 0 Å². The van der Waals surface area contributed by atoms with Crippen LogP contribution in [0.25, 0.3) is 0 Å². The zero-order chi connectivity index (χ0) is 20.4. The Labute approximate surface area is 165 Å². The first kappa shape index (κ1) is 20.8. The molecule has 2 aromatic rings. The zero-order valence-electron chi connectivity index (χ0n) is 15.6. The van der Waals surface area contributed by atoms with Crippen LogP contribution in [0.5, 0.6) is 0 Å². The van der Waals surface area contributed by atoms with Crippen molar-refractivity contribution in [2.75, 3.05) is 5.73 Å². The van der Waals surface area contributed by atoms with Crippen molar-refractivity contribution in [2.45, 2.75) is 45.8 Å². The van der Waals surface area contributed by atoms with E-state index in [0.717, 1.165) is 16.4 Å². The Morgan fingerprint density at radius 3 is 2.48 bits per heavy atom. The third-order valence-electron chi connectivity index (χ3n) is 3.67. The first-order valence-corrected chi connectivity index (χ1v) is 9.87. The van der Waals surface area contributed by atoms with Gasteiger partial charge in [0.15, 0.2) is 5.69 Å². The number of anilines is 1. The van der Waals surface area contributed by atoms with Gasteiger partial charge in [0.2, 0.25) is 5.91 Å². The van der Waals surface area contributed by atoms with Crippen LogP contribution in [0.15, 0.2) is 17.5 Å². The van der Waals surface area contributed by atoms with E-state index in [2.05, 4.69) is 9.69 Å². The van der Waals surface area contributed by atoms with Crippen LogP contribution >= 0.6 is 22.9 Å². The Balaban J connectivity index is 2.35. The molecule has 27 heavy (non-hydrogen) atoms. The molecule has 0 radical (unpaired) electrons. The Morgan fingerprint density at radius 1 is 1.33 bits per heavy atom. The molecule has 0 spiro atoms. The summed E-state index contributed by atoms with van der Waals surface area (Å²) in [5.41, 5.74) is 10.5. The van der Waals surface area contributed by atoms with E-state index in [9.17, 15) is 14.4 Å². The molecule has 1 atom stereocenters. The van der Waals surface area contributed by atoms with Gasteiger partial charge in [0, 0.05) is 10.4 Å². The largest absolute Gasteiger partial charge is 0.395 e. The molecule has 0 unspecified atom stereocenters. The van der Waals surface area contributed by atoms with E-state index in [1.165, 1.54) is 16.2 Å². The number of hydrogen-bond donors (Lipinski definition) is 3. The summed E-state index contributed by atoms with van der Waals surface area (Å²) in [7, 11) is 0. The predicted octanol–water partition coefficient (Wildman–Crippen LogP) is 1.83. The molecule has 0 fully saturated rings. The van der Waals surface area contributed by atoms with Gasteiger partial charge in [-0.15, -0.1) is 11.3 Å². The molecule has 2 rings (SSSR count). The van der Waals surface area contributed by atoms with Gasteiger partial charge in [-0.2, -0.15) is 4.37 Å². The van der Waals surface area contributed by atoms with E-state index in [-0.39, 0.29) is 28.7 Å². The maximum Gasteiger partial charge on any atom is 0.270 e. The highest BCUT2D eigenvalue weighted by atomic mass is 32.1. The summed E-state index contributed by atoms with van der Waals surface area (Å²) >= 11 is 2.28. The average molecular weight is 410 g/mol. The number of nitrogens with zero attached hydrogens (tertiary/aromatic N) is 2. The van der Waals surface area contributed by atoms with Crippen molar-refractivity contribution in [1.82, 2.24) is 14.6 Å². The summed E-state index contributed by atoms with van der Waals surface area (Å²) in [6, 6.07) is 3.00. The van der Waals surface area contributed by atoms with Crippen molar-refractivity contribution in [3.05, 3.63) is 33.0 Å². The Hall–Kier alpha value is -2.46. The fraction of sp³-hybridized carbons (Fsp3) is 0.412. The second kappa shape index (κ2) is 8.05. The highest BCUT2D eigenvalue weighted by Gasteiger charge is 2.32. The van der Waals surface area contributed by atoms with E-state index < -0.39 is 23.4 Å². The van der Waals surface area contributed by atoms with Crippen LogP contribution in [-0.4, -0.2) is 38.6 Å². The Morgan fingerprint density at radius 2 is 2.00 bits per heavy atom. The van der Waals surface area contributed by atoms with Crippen LogP contribution in [0, 0.1) is 0 Å². The minimum absolute atomic E-state index is 0.0582. The van der Waals surface area contributed by atoms with Crippen LogP contribution in [0.1, 0.15) is 52.7 Å². The third-order valence-corrected chi connectivity index (χ3v) is 5.38. The fourth-order valence-electron chi connectivity index (χ4n) is 2.33. The van der Waals surface area contributed by atoms with Gasteiger partial charge in [-0.05, 0) is 50.7 Å². The fourth-order valence-corrected chi connectivity index (χ4v) is 3.79. The van der Waals surface area contributed by atoms with Gasteiger partial charge in [-0.25, -0.2) is 0 Å². The van der Waals surface area contributed by atoms with Gasteiger partial charge in [0.05, 0.1) is 12.2 Å². The van der Waals surface area contributed by atoms with Crippen molar-refractivity contribution in [2.24, 2.45) is 5.73 Å². The van der Waals surface area contributed by atoms with Gasteiger partial charge in [0.1, 0.15) is 10.9 Å². The number of nitrogens with one attached hydrogen (secondary N) is 1. The van der Waals surface area contributed by atoms with E-state index in [4.69, 9.17) is 11.5 Å². The van der Waals surface area contributed by atoms with E-state index in [1.807, 2.05) is 38.3 Å². The molecule has 0 saturated heterocycles. The van der Waals surface area contributed by atoms with Gasteiger partial charge in [-0.3, -0.25) is 14.4 Å². The molecule has 0 saturated carbocycles. The minimum atomic E-state index is -0.800. The van der Waals surface area contributed by atoms with Gasteiger partial charge >= 0.3 is 0 Å². The highest BCUT2D eigenvalue weighted by Crippen LogP contribution is 2.26. The summed E-state index contributed by atoms with van der Waals surface area (Å²) in [6.07, 6.45) is 0.